The highest BCUT2D eigenvalue weighted by atomic mass is 16.5. The number of benzene rings is 1. The Labute approximate surface area is 123 Å². The minimum Gasteiger partial charge on any atom is -0.493 e. The van der Waals surface area contributed by atoms with Crippen LogP contribution in [0.3, 0.4) is 0 Å². The number of aryl methyl sites for hydroxylation is 1. The van der Waals surface area contributed by atoms with Crippen molar-refractivity contribution in [2.75, 3.05) is 13.2 Å². The fourth-order valence-electron chi connectivity index (χ4n) is 2.76. The third-order valence-corrected chi connectivity index (χ3v) is 4.09. The molecule has 2 nitrogen and oxygen atoms in total. The van der Waals surface area contributed by atoms with Gasteiger partial charge < -0.3 is 9.47 Å². The van der Waals surface area contributed by atoms with Crippen molar-refractivity contribution in [2.45, 2.75) is 59.5 Å². The molecule has 20 heavy (non-hydrogen) atoms. The van der Waals surface area contributed by atoms with Gasteiger partial charge in [-0.25, -0.2) is 0 Å². The molecule has 1 aliphatic heterocycles. The van der Waals surface area contributed by atoms with E-state index in [4.69, 9.17) is 9.47 Å². The lowest BCUT2D eigenvalue weighted by atomic mass is 9.78. The van der Waals surface area contributed by atoms with Crippen molar-refractivity contribution in [1.29, 1.82) is 0 Å². The van der Waals surface area contributed by atoms with E-state index in [-0.39, 0.29) is 11.5 Å². The number of rotatable bonds is 7. The average Bonchev–Trinajstić information content (AvgIpc) is 2.39. The maximum absolute atomic E-state index is 5.88. The van der Waals surface area contributed by atoms with E-state index in [1.165, 1.54) is 30.4 Å². The van der Waals surface area contributed by atoms with Crippen molar-refractivity contribution in [3.8, 4) is 5.75 Å². The Hall–Kier alpha value is -1.02. The van der Waals surface area contributed by atoms with E-state index < -0.39 is 0 Å². The highest BCUT2D eigenvalue weighted by Crippen LogP contribution is 2.46. The number of ether oxygens (including phenoxy) is 2. The largest absolute Gasteiger partial charge is 0.493 e. The Kier molecular flexibility index (Phi) is 5.09. The number of hydrogen-bond donors (Lipinski definition) is 0. The zero-order valence-electron chi connectivity index (χ0n) is 13.4. The second-order valence-corrected chi connectivity index (χ2v) is 6.61. The molecule has 2 rings (SSSR count). The summed E-state index contributed by atoms with van der Waals surface area (Å²) < 4.78 is 11.6. The highest BCUT2D eigenvalue weighted by Gasteiger charge is 2.41. The molecule has 112 valence electrons. The first kappa shape index (κ1) is 15.4. The average molecular weight is 276 g/mol. The van der Waals surface area contributed by atoms with Crippen molar-refractivity contribution in [3.63, 3.8) is 0 Å². The first-order valence-corrected chi connectivity index (χ1v) is 7.89. The van der Waals surface area contributed by atoms with Crippen LogP contribution in [0.15, 0.2) is 18.2 Å². The maximum atomic E-state index is 5.88. The third kappa shape index (κ3) is 3.54. The SMILES string of the molecule is CCCCCCOc1ccc(C2OCC2(C)C)cc1C. The molecule has 0 spiro atoms. The Balaban J connectivity index is 1.89. The van der Waals surface area contributed by atoms with E-state index in [0.29, 0.717) is 0 Å². The molecule has 0 aliphatic carbocycles. The van der Waals surface area contributed by atoms with Gasteiger partial charge in [-0.2, -0.15) is 0 Å². The molecule has 1 aliphatic rings. The molecule has 0 N–H and O–H groups in total. The fraction of sp³-hybridized carbons (Fsp3) is 0.667. The topological polar surface area (TPSA) is 18.5 Å². The van der Waals surface area contributed by atoms with Gasteiger partial charge in [0.1, 0.15) is 5.75 Å². The van der Waals surface area contributed by atoms with Crippen molar-refractivity contribution in [3.05, 3.63) is 29.3 Å². The lowest BCUT2D eigenvalue weighted by molar-refractivity contribution is -0.172. The maximum Gasteiger partial charge on any atom is 0.122 e. The zero-order chi connectivity index (χ0) is 14.6. The Morgan fingerprint density at radius 1 is 1.25 bits per heavy atom. The molecule has 1 saturated heterocycles. The van der Waals surface area contributed by atoms with Gasteiger partial charge in [0, 0.05) is 5.41 Å². The summed E-state index contributed by atoms with van der Waals surface area (Å²) in [4.78, 5) is 0. The fourth-order valence-corrected chi connectivity index (χ4v) is 2.76. The van der Waals surface area contributed by atoms with Crippen LogP contribution >= 0.6 is 0 Å². The lowest BCUT2D eigenvalue weighted by Crippen LogP contribution is -2.40. The molecule has 1 aromatic rings. The van der Waals surface area contributed by atoms with Crippen molar-refractivity contribution in [2.24, 2.45) is 5.41 Å². The van der Waals surface area contributed by atoms with E-state index in [1.807, 2.05) is 0 Å². The van der Waals surface area contributed by atoms with Crippen LogP contribution in [0.25, 0.3) is 0 Å². The molecule has 1 heterocycles. The third-order valence-electron chi connectivity index (χ3n) is 4.09. The molecule has 0 saturated carbocycles. The van der Waals surface area contributed by atoms with Gasteiger partial charge >= 0.3 is 0 Å². The first-order valence-electron chi connectivity index (χ1n) is 7.89. The molecule has 2 heteroatoms. The molecular formula is C18H28O2. The van der Waals surface area contributed by atoms with Crippen LogP contribution in [0.4, 0.5) is 0 Å². The first-order chi connectivity index (χ1) is 9.54. The molecule has 1 unspecified atom stereocenters. The van der Waals surface area contributed by atoms with Crippen LogP contribution in [0.1, 0.15) is 63.7 Å². The van der Waals surface area contributed by atoms with Crippen LogP contribution in [-0.4, -0.2) is 13.2 Å². The van der Waals surface area contributed by atoms with Crippen molar-refractivity contribution >= 4 is 0 Å². The molecule has 1 atom stereocenters. The molecule has 1 aromatic carbocycles. The van der Waals surface area contributed by atoms with Crippen LogP contribution in [0, 0.1) is 12.3 Å². The standard InChI is InChI=1S/C18H28O2/c1-5-6-7-8-11-19-16-10-9-15(12-14(16)2)17-18(3,4)13-20-17/h9-10,12,17H,5-8,11,13H2,1-4H3. The monoisotopic (exact) mass is 276 g/mol. The Bertz CT molecular complexity index is 437. The van der Waals surface area contributed by atoms with Gasteiger partial charge in [0.05, 0.1) is 19.3 Å². The van der Waals surface area contributed by atoms with Gasteiger partial charge in [-0.05, 0) is 36.6 Å². The van der Waals surface area contributed by atoms with Gasteiger partial charge in [-0.3, -0.25) is 0 Å². The van der Waals surface area contributed by atoms with Gasteiger partial charge in [0.25, 0.3) is 0 Å². The van der Waals surface area contributed by atoms with Crippen LogP contribution in [-0.2, 0) is 4.74 Å². The molecule has 0 radical (unpaired) electrons. The summed E-state index contributed by atoms with van der Waals surface area (Å²) in [6.45, 7) is 10.5. The molecular weight excluding hydrogens is 248 g/mol. The van der Waals surface area contributed by atoms with Crippen molar-refractivity contribution in [1.82, 2.24) is 0 Å². The minimum atomic E-state index is 0.236. The van der Waals surface area contributed by atoms with E-state index in [0.717, 1.165) is 25.4 Å². The lowest BCUT2D eigenvalue weighted by Gasteiger charge is -2.44. The predicted octanol–water partition coefficient (Wildman–Crippen LogP) is 5.05. The molecule has 0 aromatic heterocycles. The normalized spacial score (nSPS) is 20.5. The summed E-state index contributed by atoms with van der Waals surface area (Å²) in [5, 5.41) is 0. The quantitative estimate of drug-likeness (QED) is 0.649. The smallest absolute Gasteiger partial charge is 0.122 e. The molecule has 0 amide bonds. The summed E-state index contributed by atoms with van der Waals surface area (Å²) in [6.07, 6.45) is 5.21. The Morgan fingerprint density at radius 3 is 2.60 bits per heavy atom. The van der Waals surface area contributed by atoms with Gasteiger partial charge in [-0.1, -0.05) is 46.1 Å². The summed E-state index contributed by atoms with van der Waals surface area (Å²) in [5.41, 5.74) is 2.75. The molecule has 1 fully saturated rings. The highest BCUT2D eigenvalue weighted by molar-refractivity contribution is 5.38. The second-order valence-electron chi connectivity index (χ2n) is 6.61. The number of unbranched alkanes of at least 4 members (excludes halogenated alkanes) is 3. The van der Waals surface area contributed by atoms with E-state index in [1.54, 1.807) is 0 Å². The Morgan fingerprint density at radius 2 is 2.05 bits per heavy atom. The van der Waals surface area contributed by atoms with Gasteiger partial charge in [-0.15, -0.1) is 0 Å². The summed E-state index contributed by atoms with van der Waals surface area (Å²) in [7, 11) is 0. The van der Waals surface area contributed by atoms with E-state index in [2.05, 4.69) is 45.9 Å². The van der Waals surface area contributed by atoms with E-state index in [9.17, 15) is 0 Å². The predicted molar refractivity (Wildman–Crippen MR) is 83.3 cm³/mol. The summed E-state index contributed by atoms with van der Waals surface area (Å²) in [5.74, 6) is 1.02. The zero-order valence-corrected chi connectivity index (χ0v) is 13.4. The second kappa shape index (κ2) is 6.62. The van der Waals surface area contributed by atoms with Crippen molar-refractivity contribution < 1.29 is 9.47 Å². The number of hydrogen-bond acceptors (Lipinski definition) is 2. The van der Waals surface area contributed by atoms with Gasteiger partial charge in [0.15, 0.2) is 0 Å². The molecule has 0 bridgehead atoms. The van der Waals surface area contributed by atoms with Crippen LogP contribution in [0.2, 0.25) is 0 Å². The summed E-state index contributed by atoms with van der Waals surface area (Å²) in [6, 6.07) is 6.47. The van der Waals surface area contributed by atoms with Crippen LogP contribution < -0.4 is 4.74 Å². The van der Waals surface area contributed by atoms with Crippen LogP contribution in [0.5, 0.6) is 5.75 Å². The summed E-state index contributed by atoms with van der Waals surface area (Å²) >= 11 is 0. The van der Waals surface area contributed by atoms with E-state index >= 15 is 0 Å². The van der Waals surface area contributed by atoms with Gasteiger partial charge in [0.2, 0.25) is 0 Å². The minimum absolute atomic E-state index is 0.236.